The number of hydrogen-bond acceptors (Lipinski definition) is 2. The maximum Gasteiger partial charge on any atom is 0.265 e. The second-order valence-electron chi connectivity index (χ2n) is 5.45. The van der Waals surface area contributed by atoms with Crippen molar-refractivity contribution in [2.45, 2.75) is 32.8 Å². The molecule has 4 heteroatoms. The number of hydrogen-bond donors (Lipinski definition) is 1. The standard InChI is InChI=1S/C18H20BrNO2/c1-12(2)16-6-4-5-7-17(16)22-13(3)18(21)20-15-10-8-14(19)9-11-15/h4-13H,1-3H3,(H,20,21)/t13-/m1/s1. The van der Waals surface area contributed by atoms with Crippen LogP contribution in [-0.2, 0) is 4.79 Å². The molecular formula is C18H20BrNO2. The van der Waals surface area contributed by atoms with Gasteiger partial charge >= 0.3 is 0 Å². The van der Waals surface area contributed by atoms with Crippen molar-refractivity contribution in [3.05, 3.63) is 58.6 Å². The average molecular weight is 362 g/mol. The number of benzene rings is 2. The summed E-state index contributed by atoms with van der Waals surface area (Å²) in [5.41, 5.74) is 1.85. The van der Waals surface area contributed by atoms with E-state index in [0.717, 1.165) is 21.5 Å². The molecule has 116 valence electrons. The summed E-state index contributed by atoms with van der Waals surface area (Å²) < 4.78 is 6.82. The molecule has 0 spiro atoms. The van der Waals surface area contributed by atoms with Crippen LogP contribution in [0.3, 0.4) is 0 Å². The highest BCUT2D eigenvalue weighted by Gasteiger charge is 2.17. The number of carbonyl (C=O) groups is 1. The van der Waals surface area contributed by atoms with Crippen molar-refractivity contribution in [1.82, 2.24) is 0 Å². The molecule has 0 saturated carbocycles. The molecule has 1 N–H and O–H groups in total. The lowest BCUT2D eigenvalue weighted by molar-refractivity contribution is -0.122. The van der Waals surface area contributed by atoms with Crippen LogP contribution in [0.15, 0.2) is 53.0 Å². The fourth-order valence-electron chi connectivity index (χ4n) is 2.09. The number of amides is 1. The molecule has 0 aliphatic heterocycles. The monoisotopic (exact) mass is 361 g/mol. The van der Waals surface area contributed by atoms with Crippen molar-refractivity contribution in [3.8, 4) is 5.75 Å². The van der Waals surface area contributed by atoms with Gasteiger partial charge in [-0.3, -0.25) is 4.79 Å². The van der Waals surface area contributed by atoms with Gasteiger partial charge in [-0.2, -0.15) is 0 Å². The van der Waals surface area contributed by atoms with Crippen LogP contribution >= 0.6 is 15.9 Å². The fraction of sp³-hybridized carbons (Fsp3) is 0.278. The van der Waals surface area contributed by atoms with Gasteiger partial charge in [-0.15, -0.1) is 0 Å². The van der Waals surface area contributed by atoms with E-state index in [0.29, 0.717) is 5.92 Å². The summed E-state index contributed by atoms with van der Waals surface area (Å²) in [5, 5.41) is 2.85. The summed E-state index contributed by atoms with van der Waals surface area (Å²) in [5.74, 6) is 0.940. The normalized spacial score (nSPS) is 12.0. The Labute approximate surface area is 139 Å². The first-order valence-corrected chi connectivity index (χ1v) is 8.08. The van der Waals surface area contributed by atoms with E-state index in [1.54, 1.807) is 6.92 Å². The maximum atomic E-state index is 12.2. The Morgan fingerprint density at radius 3 is 2.32 bits per heavy atom. The number of nitrogens with one attached hydrogen (secondary N) is 1. The van der Waals surface area contributed by atoms with Crippen molar-refractivity contribution in [2.75, 3.05) is 5.32 Å². The van der Waals surface area contributed by atoms with Gasteiger partial charge in [-0.1, -0.05) is 48.0 Å². The van der Waals surface area contributed by atoms with Gasteiger partial charge in [0.2, 0.25) is 0 Å². The van der Waals surface area contributed by atoms with Gasteiger partial charge < -0.3 is 10.1 Å². The number of halogens is 1. The predicted octanol–water partition coefficient (Wildman–Crippen LogP) is 4.98. The summed E-state index contributed by atoms with van der Waals surface area (Å²) in [6.45, 7) is 5.97. The lowest BCUT2D eigenvalue weighted by atomic mass is 10.0. The van der Waals surface area contributed by atoms with E-state index in [1.807, 2.05) is 48.5 Å². The molecule has 0 fully saturated rings. The quantitative estimate of drug-likeness (QED) is 0.815. The predicted molar refractivity (Wildman–Crippen MR) is 93.4 cm³/mol. The SMILES string of the molecule is CC(C)c1ccccc1O[C@H](C)C(=O)Nc1ccc(Br)cc1. The van der Waals surface area contributed by atoms with E-state index in [2.05, 4.69) is 35.1 Å². The number of ether oxygens (including phenoxy) is 1. The van der Waals surface area contributed by atoms with Crippen LogP contribution in [0.4, 0.5) is 5.69 Å². The number of anilines is 1. The van der Waals surface area contributed by atoms with Crippen LogP contribution in [0.25, 0.3) is 0 Å². The van der Waals surface area contributed by atoms with Gasteiger partial charge in [0.05, 0.1) is 0 Å². The van der Waals surface area contributed by atoms with Crippen LogP contribution in [-0.4, -0.2) is 12.0 Å². The third-order valence-electron chi connectivity index (χ3n) is 3.33. The van der Waals surface area contributed by atoms with E-state index in [4.69, 9.17) is 4.74 Å². The molecule has 1 amide bonds. The summed E-state index contributed by atoms with van der Waals surface area (Å²) in [6.07, 6.45) is -0.566. The topological polar surface area (TPSA) is 38.3 Å². The first kappa shape index (κ1) is 16.6. The van der Waals surface area contributed by atoms with Gasteiger partial charge in [0.1, 0.15) is 5.75 Å². The Bertz CT molecular complexity index is 638. The van der Waals surface area contributed by atoms with E-state index in [-0.39, 0.29) is 5.91 Å². The van der Waals surface area contributed by atoms with E-state index in [9.17, 15) is 4.79 Å². The smallest absolute Gasteiger partial charge is 0.265 e. The van der Waals surface area contributed by atoms with Crippen molar-refractivity contribution in [2.24, 2.45) is 0 Å². The molecule has 0 heterocycles. The second-order valence-corrected chi connectivity index (χ2v) is 6.36. The van der Waals surface area contributed by atoms with Crippen molar-refractivity contribution >= 4 is 27.5 Å². The Hall–Kier alpha value is -1.81. The van der Waals surface area contributed by atoms with Gasteiger partial charge in [0.15, 0.2) is 6.10 Å². The molecule has 2 aromatic carbocycles. The molecule has 0 aliphatic rings. The minimum absolute atomic E-state index is 0.166. The lowest BCUT2D eigenvalue weighted by Crippen LogP contribution is -2.30. The molecule has 0 radical (unpaired) electrons. The van der Waals surface area contributed by atoms with Gasteiger partial charge in [-0.05, 0) is 48.7 Å². The zero-order valence-corrected chi connectivity index (χ0v) is 14.6. The van der Waals surface area contributed by atoms with Crippen LogP contribution in [0, 0.1) is 0 Å². The Morgan fingerprint density at radius 1 is 1.05 bits per heavy atom. The largest absolute Gasteiger partial charge is 0.481 e. The molecule has 1 atom stereocenters. The van der Waals surface area contributed by atoms with Crippen molar-refractivity contribution in [3.63, 3.8) is 0 Å². The number of carbonyl (C=O) groups excluding carboxylic acids is 1. The number of rotatable bonds is 5. The zero-order chi connectivity index (χ0) is 16.1. The molecule has 22 heavy (non-hydrogen) atoms. The second kappa shape index (κ2) is 7.45. The third-order valence-corrected chi connectivity index (χ3v) is 3.85. The Balaban J connectivity index is 2.04. The maximum absolute atomic E-state index is 12.2. The molecule has 0 unspecified atom stereocenters. The highest BCUT2D eigenvalue weighted by Crippen LogP contribution is 2.27. The summed E-state index contributed by atoms with van der Waals surface area (Å²) in [6, 6.07) is 15.3. The molecule has 0 aliphatic carbocycles. The van der Waals surface area contributed by atoms with Gasteiger partial charge in [0, 0.05) is 10.2 Å². The molecule has 3 nitrogen and oxygen atoms in total. The van der Waals surface area contributed by atoms with Crippen LogP contribution in [0.2, 0.25) is 0 Å². The highest BCUT2D eigenvalue weighted by molar-refractivity contribution is 9.10. The van der Waals surface area contributed by atoms with E-state index < -0.39 is 6.10 Å². The highest BCUT2D eigenvalue weighted by atomic mass is 79.9. The molecule has 2 aromatic rings. The van der Waals surface area contributed by atoms with Gasteiger partial charge in [0.25, 0.3) is 5.91 Å². The lowest BCUT2D eigenvalue weighted by Gasteiger charge is -2.18. The van der Waals surface area contributed by atoms with E-state index >= 15 is 0 Å². The first-order chi connectivity index (χ1) is 10.5. The zero-order valence-electron chi connectivity index (χ0n) is 13.0. The molecule has 0 saturated heterocycles. The summed E-state index contributed by atoms with van der Waals surface area (Å²) in [7, 11) is 0. The first-order valence-electron chi connectivity index (χ1n) is 7.29. The van der Waals surface area contributed by atoms with Gasteiger partial charge in [-0.25, -0.2) is 0 Å². The third kappa shape index (κ3) is 4.34. The molecule has 0 aromatic heterocycles. The average Bonchev–Trinajstić information content (AvgIpc) is 2.49. The van der Waals surface area contributed by atoms with E-state index in [1.165, 1.54) is 0 Å². The summed E-state index contributed by atoms with van der Waals surface area (Å²) >= 11 is 3.37. The van der Waals surface area contributed by atoms with Crippen molar-refractivity contribution < 1.29 is 9.53 Å². The number of para-hydroxylation sites is 1. The minimum atomic E-state index is -0.566. The summed E-state index contributed by atoms with van der Waals surface area (Å²) in [4.78, 5) is 12.2. The molecule has 2 rings (SSSR count). The molecular weight excluding hydrogens is 342 g/mol. The minimum Gasteiger partial charge on any atom is -0.481 e. The Morgan fingerprint density at radius 2 is 1.68 bits per heavy atom. The molecule has 0 bridgehead atoms. The van der Waals surface area contributed by atoms with Crippen LogP contribution in [0.5, 0.6) is 5.75 Å². The van der Waals surface area contributed by atoms with Crippen LogP contribution in [0.1, 0.15) is 32.3 Å². The Kier molecular flexibility index (Phi) is 5.61. The fourth-order valence-corrected chi connectivity index (χ4v) is 2.35. The van der Waals surface area contributed by atoms with Crippen molar-refractivity contribution in [1.29, 1.82) is 0 Å². The van der Waals surface area contributed by atoms with Crippen LogP contribution < -0.4 is 10.1 Å².